The van der Waals surface area contributed by atoms with Crippen LogP contribution in [0.4, 0.5) is 0 Å². The summed E-state index contributed by atoms with van der Waals surface area (Å²) >= 11 is 0. The van der Waals surface area contributed by atoms with Crippen LogP contribution in [0.3, 0.4) is 0 Å². The van der Waals surface area contributed by atoms with Crippen LogP contribution < -0.4 is 11.1 Å². The third-order valence-corrected chi connectivity index (χ3v) is 0.582. The van der Waals surface area contributed by atoms with E-state index in [1.807, 2.05) is 0 Å². The average Bonchev–Trinajstić information content (AvgIpc) is 1.69. The van der Waals surface area contributed by atoms with E-state index in [1.54, 1.807) is 6.20 Å². The lowest BCUT2D eigenvalue weighted by Crippen LogP contribution is -2.14. The SMILES string of the molecule is NC1=CN=C=CN1. The standard InChI is InChI=1S/C4H5N3/c5-4-3-6-1-2-7-4/h2-3,7H,5H2. The monoisotopic (exact) mass is 95.0 g/mol. The molecule has 0 atom stereocenters. The number of hydrogen-bond donors (Lipinski definition) is 2. The summed E-state index contributed by atoms with van der Waals surface area (Å²) in [4.78, 5) is 3.60. The van der Waals surface area contributed by atoms with Gasteiger partial charge in [-0.15, -0.1) is 0 Å². The van der Waals surface area contributed by atoms with Gasteiger partial charge >= 0.3 is 0 Å². The van der Waals surface area contributed by atoms with Crippen molar-refractivity contribution in [3.63, 3.8) is 0 Å². The van der Waals surface area contributed by atoms with Crippen LogP contribution in [0.5, 0.6) is 0 Å². The molecule has 0 spiro atoms. The van der Waals surface area contributed by atoms with E-state index >= 15 is 0 Å². The highest BCUT2D eigenvalue weighted by atomic mass is 15.0. The summed E-state index contributed by atoms with van der Waals surface area (Å²) in [6, 6.07) is 0. The molecule has 0 aromatic rings. The van der Waals surface area contributed by atoms with Crippen LogP contribution in [0.2, 0.25) is 0 Å². The van der Waals surface area contributed by atoms with Gasteiger partial charge in [-0.05, 0) is 0 Å². The zero-order chi connectivity index (χ0) is 5.11. The smallest absolute Gasteiger partial charge is 0.120 e. The van der Waals surface area contributed by atoms with Crippen LogP contribution >= 0.6 is 0 Å². The fourth-order valence-electron chi connectivity index (χ4n) is 0.297. The van der Waals surface area contributed by atoms with Crippen LogP contribution in [0.1, 0.15) is 0 Å². The highest BCUT2D eigenvalue weighted by molar-refractivity contribution is 5.53. The molecular formula is C4H5N3. The second-order valence-corrected chi connectivity index (χ2v) is 1.13. The van der Waals surface area contributed by atoms with Gasteiger partial charge in [0.05, 0.1) is 12.4 Å². The van der Waals surface area contributed by atoms with Crippen molar-refractivity contribution in [1.82, 2.24) is 5.32 Å². The summed E-state index contributed by atoms with van der Waals surface area (Å²) in [6.07, 6.45) is 3.05. The Hall–Kier alpha value is -1.21. The predicted octanol–water partition coefficient (Wildman–Crippen LogP) is -0.469. The van der Waals surface area contributed by atoms with E-state index < -0.39 is 0 Å². The minimum Gasteiger partial charge on any atom is -0.384 e. The minimum atomic E-state index is 0.554. The minimum absolute atomic E-state index is 0.554. The molecule has 1 rings (SSSR count). The Balaban J connectivity index is 2.77. The molecule has 0 saturated carbocycles. The first-order chi connectivity index (χ1) is 3.39. The summed E-state index contributed by atoms with van der Waals surface area (Å²) in [5, 5.41) is 2.69. The van der Waals surface area contributed by atoms with E-state index in [0.29, 0.717) is 5.82 Å². The summed E-state index contributed by atoms with van der Waals surface area (Å²) in [6.45, 7) is 0. The van der Waals surface area contributed by atoms with Crippen molar-refractivity contribution in [3.05, 3.63) is 18.2 Å². The van der Waals surface area contributed by atoms with Gasteiger partial charge in [0.1, 0.15) is 5.82 Å². The molecule has 7 heavy (non-hydrogen) atoms. The quantitative estimate of drug-likeness (QED) is 0.427. The maximum atomic E-state index is 5.22. The Morgan fingerprint density at radius 1 is 1.86 bits per heavy atom. The molecule has 0 bridgehead atoms. The van der Waals surface area contributed by atoms with Gasteiger partial charge in [0, 0.05) is 5.87 Å². The summed E-state index contributed by atoms with van der Waals surface area (Å²) in [5.74, 6) is 3.10. The molecule has 0 aromatic heterocycles. The topological polar surface area (TPSA) is 50.4 Å². The lowest BCUT2D eigenvalue weighted by atomic mass is 10.7. The van der Waals surface area contributed by atoms with Crippen molar-refractivity contribution in [3.8, 4) is 0 Å². The second kappa shape index (κ2) is 1.49. The predicted molar refractivity (Wildman–Crippen MR) is 27.4 cm³/mol. The van der Waals surface area contributed by atoms with E-state index in [0.717, 1.165) is 0 Å². The van der Waals surface area contributed by atoms with E-state index in [1.165, 1.54) is 6.20 Å². The van der Waals surface area contributed by atoms with Crippen LogP contribution in [0.15, 0.2) is 23.2 Å². The first kappa shape index (κ1) is 3.96. The van der Waals surface area contributed by atoms with Crippen molar-refractivity contribution >= 4 is 5.87 Å². The van der Waals surface area contributed by atoms with Crippen LogP contribution in [-0.2, 0) is 0 Å². The molecule has 0 fully saturated rings. The van der Waals surface area contributed by atoms with Gasteiger partial charge in [-0.25, -0.2) is 4.99 Å². The molecule has 0 saturated heterocycles. The molecule has 0 unspecified atom stereocenters. The Morgan fingerprint density at radius 3 is 3.00 bits per heavy atom. The van der Waals surface area contributed by atoms with Crippen molar-refractivity contribution in [2.24, 2.45) is 10.7 Å². The van der Waals surface area contributed by atoms with E-state index in [9.17, 15) is 0 Å². The number of rotatable bonds is 0. The Labute approximate surface area is 41.2 Å². The van der Waals surface area contributed by atoms with Gasteiger partial charge in [0.25, 0.3) is 0 Å². The van der Waals surface area contributed by atoms with Crippen molar-refractivity contribution in [1.29, 1.82) is 0 Å². The lowest BCUT2D eigenvalue weighted by Gasteiger charge is -1.96. The molecule has 0 radical (unpaired) electrons. The summed E-state index contributed by atoms with van der Waals surface area (Å²) in [7, 11) is 0. The van der Waals surface area contributed by atoms with E-state index in [-0.39, 0.29) is 0 Å². The summed E-state index contributed by atoms with van der Waals surface area (Å²) in [5.41, 5.74) is 5.22. The molecule has 0 aliphatic carbocycles. The molecular weight excluding hydrogens is 90.1 g/mol. The molecule has 3 nitrogen and oxygen atoms in total. The second-order valence-electron chi connectivity index (χ2n) is 1.13. The highest BCUT2D eigenvalue weighted by Crippen LogP contribution is 1.79. The molecule has 3 heteroatoms. The van der Waals surface area contributed by atoms with Gasteiger partial charge in [-0.3, -0.25) is 0 Å². The molecule has 1 aliphatic rings. The van der Waals surface area contributed by atoms with Crippen LogP contribution in [0.25, 0.3) is 0 Å². The van der Waals surface area contributed by atoms with E-state index in [4.69, 9.17) is 5.73 Å². The molecule has 3 N–H and O–H groups in total. The number of hydrogen-bond acceptors (Lipinski definition) is 3. The molecule has 1 heterocycles. The van der Waals surface area contributed by atoms with Crippen LogP contribution in [-0.4, -0.2) is 5.87 Å². The van der Waals surface area contributed by atoms with Gasteiger partial charge in [0.15, 0.2) is 0 Å². The Kier molecular flexibility index (Phi) is 0.845. The first-order valence-electron chi connectivity index (χ1n) is 1.89. The third kappa shape index (κ3) is 0.809. The molecule has 0 aromatic carbocycles. The molecule has 1 aliphatic heterocycles. The number of nitrogens with two attached hydrogens (primary N) is 1. The number of nitrogens with one attached hydrogen (secondary N) is 1. The fraction of sp³-hybridized carbons (Fsp3) is 0. The Bertz CT molecular complexity index is 150. The van der Waals surface area contributed by atoms with Crippen molar-refractivity contribution in [2.75, 3.05) is 0 Å². The maximum absolute atomic E-state index is 5.22. The first-order valence-corrected chi connectivity index (χ1v) is 1.89. The average molecular weight is 95.1 g/mol. The van der Waals surface area contributed by atoms with Crippen molar-refractivity contribution < 1.29 is 0 Å². The zero-order valence-corrected chi connectivity index (χ0v) is 3.68. The molecule has 0 amide bonds. The van der Waals surface area contributed by atoms with Crippen LogP contribution in [0, 0.1) is 0 Å². The Morgan fingerprint density at radius 2 is 2.71 bits per heavy atom. The normalized spacial score (nSPS) is 15.7. The highest BCUT2D eigenvalue weighted by Gasteiger charge is 1.81. The fourth-order valence-corrected chi connectivity index (χ4v) is 0.297. The van der Waals surface area contributed by atoms with E-state index in [2.05, 4.69) is 16.2 Å². The lowest BCUT2D eigenvalue weighted by molar-refractivity contribution is 1.01. The largest absolute Gasteiger partial charge is 0.384 e. The van der Waals surface area contributed by atoms with Gasteiger partial charge in [-0.2, -0.15) is 0 Å². The number of aliphatic imine (C=N–C) groups is 1. The van der Waals surface area contributed by atoms with Gasteiger partial charge in [0.2, 0.25) is 0 Å². The maximum Gasteiger partial charge on any atom is 0.120 e. The molecule has 36 valence electrons. The summed E-state index contributed by atoms with van der Waals surface area (Å²) < 4.78 is 0. The zero-order valence-electron chi connectivity index (χ0n) is 3.68. The van der Waals surface area contributed by atoms with Gasteiger partial charge < -0.3 is 11.1 Å². The van der Waals surface area contributed by atoms with Crippen molar-refractivity contribution in [2.45, 2.75) is 0 Å². The number of nitrogens with zero attached hydrogens (tertiary/aromatic N) is 1. The third-order valence-electron chi connectivity index (χ3n) is 0.582. The van der Waals surface area contributed by atoms with Gasteiger partial charge in [-0.1, -0.05) is 0 Å².